The Morgan fingerprint density at radius 2 is 2.07 bits per heavy atom. The minimum absolute atomic E-state index is 0.402. The molecule has 0 bridgehead atoms. The van der Waals surface area contributed by atoms with E-state index in [1.807, 2.05) is 0 Å². The van der Waals surface area contributed by atoms with Crippen LogP contribution in [-0.2, 0) is 4.74 Å². The second kappa shape index (κ2) is 5.13. The van der Waals surface area contributed by atoms with E-state index in [1.54, 1.807) is 0 Å². The smallest absolute Gasteiger partial charge is 0.0538 e. The van der Waals surface area contributed by atoms with Gasteiger partial charge in [-0.05, 0) is 12.3 Å². The molecule has 0 amide bonds. The van der Waals surface area contributed by atoms with Crippen molar-refractivity contribution >= 4 is 0 Å². The van der Waals surface area contributed by atoms with E-state index in [2.05, 4.69) is 33.0 Å². The topological polar surface area (TPSA) is 21.3 Å². The highest BCUT2D eigenvalue weighted by Crippen LogP contribution is 2.37. The molecule has 2 heteroatoms. The molecule has 1 fully saturated rings. The molecule has 2 unspecified atom stereocenters. The van der Waals surface area contributed by atoms with Gasteiger partial charge in [0.25, 0.3) is 0 Å². The molecule has 1 heterocycles. The Morgan fingerprint density at radius 1 is 1.36 bits per heavy atom. The van der Waals surface area contributed by atoms with Gasteiger partial charge in [-0.25, -0.2) is 0 Å². The SMILES string of the molecule is CCC(C)C1(CNC(C)C)CCOC1. The molecule has 84 valence electrons. The van der Waals surface area contributed by atoms with Crippen LogP contribution in [0.2, 0.25) is 0 Å². The molecule has 1 saturated heterocycles. The lowest BCUT2D eigenvalue weighted by Gasteiger charge is -2.34. The van der Waals surface area contributed by atoms with Gasteiger partial charge in [-0.1, -0.05) is 34.1 Å². The quantitative estimate of drug-likeness (QED) is 0.734. The summed E-state index contributed by atoms with van der Waals surface area (Å²) in [7, 11) is 0. The van der Waals surface area contributed by atoms with Crippen LogP contribution in [0.15, 0.2) is 0 Å². The zero-order valence-corrected chi connectivity index (χ0v) is 10.1. The van der Waals surface area contributed by atoms with Crippen LogP contribution < -0.4 is 5.32 Å². The molecule has 1 rings (SSSR count). The zero-order valence-electron chi connectivity index (χ0n) is 10.1. The maximum absolute atomic E-state index is 5.58. The van der Waals surface area contributed by atoms with Crippen molar-refractivity contribution in [3.05, 3.63) is 0 Å². The predicted octanol–water partition coefficient (Wildman–Crippen LogP) is 2.44. The van der Waals surface area contributed by atoms with Crippen LogP contribution in [0, 0.1) is 11.3 Å². The molecule has 2 nitrogen and oxygen atoms in total. The molecule has 0 aromatic rings. The molecule has 1 aliphatic rings. The first-order valence-corrected chi connectivity index (χ1v) is 5.92. The molecule has 0 aromatic heterocycles. The summed E-state index contributed by atoms with van der Waals surface area (Å²) >= 11 is 0. The van der Waals surface area contributed by atoms with Crippen LogP contribution >= 0.6 is 0 Å². The molecule has 0 aromatic carbocycles. The molecule has 0 spiro atoms. The van der Waals surface area contributed by atoms with E-state index in [1.165, 1.54) is 12.8 Å². The van der Waals surface area contributed by atoms with Gasteiger partial charge < -0.3 is 10.1 Å². The number of nitrogens with one attached hydrogen (secondary N) is 1. The highest BCUT2D eigenvalue weighted by atomic mass is 16.5. The molecule has 2 atom stereocenters. The Kier molecular flexibility index (Phi) is 4.39. The van der Waals surface area contributed by atoms with Gasteiger partial charge in [0.1, 0.15) is 0 Å². The summed E-state index contributed by atoms with van der Waals surface area (Å²) in [6, 6.07) is 0.580. The second-order valence-corrected chi connectivity index (χ2v) is 5.01. The lowest BCUT2D eigenvalue weighted by atomic mass is 9.74. The van der Waals surface area contributed by atoms with Gasteiger partial charge in [-0.15, -0.1) is 0 Å². The standard InChI is InChI=1S/C12H25NO/c1-5-11(4)12(6-7-14-9-12)8-13-10(2)3/h10-11,13H,5-9H2,1-4H3. The third-order valence-corrected chi connectivity index (χ3v) is 3.65. The van der Waals surface area contributed by atoms with Gasteiger partial charge in [0.2, 0.25) is 0 Å². The highest BCUT2D eigenvalue weighted by molar-refractivity contribution is 4.89. The lowest BCUT2D eigenvalue weighted by molar-refractivity contribution is 0.107. The van der Waals surface area contributed by atoms with Crippen molar-refractivity contribution in [1.29, 1.82) is 0 Å². The van der Waals surface area contributed by atoms with Crippen molar-refractivity contribution in [2.24, 2.45) is 11.3 Å². The first-order valence-electron chi connectivity index (χ1n) is 5.92. The van der Waals surface area contributed by atoms with Gasteiger partial charge in [0.05, 0.1) is 6.61 Å². The number of rotatable bonds is 5. The van der Waals surface area contributed by atoms with Crippen molar-refractivity contribution in [2.75, 3.05) is 19.8 Å². The van der Waals surface area contributed by atoms with E-state index in [0.29, 0.717) is 11.5 Å². The molecule has 0 radical (unpaired) electrons. The van der Waals surface area contributed by atoms with Crippen LogP contribution in [-0.4, -0.2) is 25.8 Å². The third-order valence-electron chi connectivity index (χ3n) is 3.65. The first-order chi connectivity index (χ1) is 6.60. The monoisotopic (exact) mass is 199 g/mol. The summed E-state index contributed by atoms with van der Waals surface area (Å²) < 4.78 is 5.58. The lowest BCUT2D eigenvalue weighted by Crippen LogP contribution is -2.42. The maximum Gasteiger partial charge on any atom is 0.0538 e. The molecule has 1 N–H and O–H groups in total. The predicted molar refractivity (Wildman–Crippen MR) is 60.5 cm³/mol. The number of ether oxygens (including phenoxy) is 1. The Morgan fingerprint density at radius 3 is 2.50 bits per heavy atom. The summed E-state index contributed by atoms with van der Waals surface area (Å²) in [6.45, 7) is 12.1. The molecule has 1 aliphatic heterocycles. The summed E-state index contributed by atoms with van der Waals surface area (Å²) in [4.78, 5) is 0. The van der Waals surface area contributed by atoms with E-state index in [0.717, 1.165) is 25.7 Å². The average molecular weight is 199 g/mol. The van der Waals surface area contributed by atoms with Crippen LogP contribution in [0.25, 0.3) is 0 Å². The fourth-order valence-electron chi connectivity index (χ4n) is 2.17. The van der Waals surface area contributed by atoms with Gasteiger partial charge in [0, 0.05) is 24.6 Å². The zero-order chi connectivity index (χ0) is 10.6. The van der Waals surface area contributed by atoms with E-state index < -0.39 is 0 Å². The van der Waals surface area contributed by atoms with E-state index in [4.69, 9.17) is 4.74 Å². The van der Waals surface area contributed by atoms with E-state index in [9.17, 15) is 0 Å². The third kappa shape index (κ3) is 2.71. The van der Waals surface area contributed by atoms with Gasteiger partial charge in [-0.2, -0.15) is 0 Å². The largest absolute Gasteiger partial charge is 0.381 e. The summed E-state index contributed by atoms with van der Waals surface area (Å²) in [5.74, 6) is 0.760. The normalized spacial score (nSPS) is 29.8. The summed E-state index contributed by atoms with van der Waals surface area (Å²) in [6.07, 6.45) is 2.48. The van der Waals surface area contributed by atoms with Crippen LogP contribution in [0.5, 0.6) is 0 Å². The van der Waals surface area contributed by atoms with Crippen molar-refractivity contribution in [3.8, 4) is 0 Å². The van der Waals surface area contributed by atoms with Gasteiger partial charge >= 0.3 is 0 Å². The Labute approximate surface area is 88.4 Å². The molecule has 0 aliphatic carbocycles. The Bertz CT molecular complexity index is 162. The van der Waals surface area contributed by atoms with Crippen molar-refractivity contribution < 1.29 is 4.74 Å². The van der Waals surface area contributed by atoms with Gasteiger partial charge in [-0.3, -0.25) is 0 Å². The van der Waals surface area contributed by atoms with E-state index in [-0.39, 0.29) is 0 Å². The number of hydrogen-bond acceptors (Lipinski definition) is 2. The molecule has 0 saturated carbocycles. The van der Waals surface area contributed by atoms with Crippen molar-refractivity contribution in [1.82, 2.24) is 5.32 Å². The van der Waals surface area contributed by atoms with Crippen molar-refractivity contribution in [3.63, 3.8) is 0 Å². The van der Waals surface area contributed by atoms with Crippen LogP contribution in [0.1, 0.15) is 40.5 Å². The average Bonchev–Trinajstić information content (AvgIpc) is 2.63. The fraction of sp³-hybridized carbons (Fsp3) is 1.00. The minimum atomic E-state index is 0.402. The Hall–Kier alpha value is -0.0800. The van der Waals surface area contributed by atoms with E-state index >= 15 is 0 Å². The van der Waals surface area contributed by atoms with Crippen LogP contribution in [0.4, 0.5) is 0 Å². The molecular formula is C12H25NO. The van der Waals surface area contributed by atoms with Gasteiger partial charge in [0.15, 0.2) is 0 Å². The highest BCUT2D eigenvalue weighted by Gasteiger charge is 2.38. The summed E-state index contributed by atoms with van der Waals surface area (Å²) in [5.41, 5.74) is 0.402. The summed E-state index contributed by atoms with van der Waals surface area (Å²) in [5, 5.41) is 3.56. The minimum Gasteiger partial charge on any atom is -0.381 e. The van der Waals surface area contributed by atoms with Crippen LogP contribution in [0.3, 0.4) is 0 Å². The fourth-order valence-corrected chi connectivity index (χ4v) is 2.17. The molecule has 14 heavy (non-hydrogen) atoms. The Balaban J connectivity index is 2.53. The first kappa shape index (κ1) is 12.0. The maximum atomic E-state index is 5.58. The molecular weight excluding hydrogens is 174 g/mol. The number of hydrogen-bond donors (Lipinski definition) is 1. The second-order valence-electron chi connectivity index (χ2n) is 5.01. The van der Waals surface area contributed by atoms with Crippen molar-refractivity contribution in [2.45, 2.75) is 46.6 Å².